The van der Waals surface area contributed by atoms with Gasteiger partial charge in [0.15, 0.2) is 6.61 Å². The number of rotatable bonds is 0. The number of benzene rings is 1. The van der Waals surface area contributed by atoms with Crippen molar-refractivity contribution in [3.05, 3.63) is 23.3 Å². The van der Waals surface area contributed by atoms with Crippen LogP contribution in [0.3, 0.4) is 0 Å². The number of carbonyl (C=O) groups is 1. The third kappa shape index (κ3) is 1.19. The molecule has 0 aliphatic carbocycles. The highest BCUT2D eigenvalue weighted by Crippen LogP contribution is 2.32. The van der Waals surface area contributed by atoms with Crippen LogP contribution < -0.4 is 10.1 Å². The summed E-state index contributed by atoms with van der Waals surface area (Å²) < 4.78 is 5.25. The average molecular weight is 188 g/mol. The predicted octanol–water partition coefficient (Wildman–Crippen LogP) is 1.20. The molecule has 0 aromatic heterocycles. The van der Waals surface area contributed by atoms with E-state index in [9.17, 15) is 4.79 Å². The predicted molar refractivity (Wildman–Crippen MR) is 50.0 cm³/mol. The number of ether oxygens (including phenoxy) is 1. The molecule has 0 radical (unpaired) electrons. The molecule has 0 atom stereocenters. The Morgan fingerprint density at radius 2 is 2.36 bits per heavy atom. The van der Waals surface area contributed by atoms with Gasteiger partial charge < -0.3 is 10.1 Å². The first kappa shape index (κ1) is 8.57. The van der Waals surface area contributed by atoms with Crippen LogP contribution in [0.25, 0.3) is 0 Å². The average Bonchev–Trinajstić information content (AvgIpc) is 2.18. The molecule has 1 heterocycles. The molecule has 0 spiro atoms. The van der Waals surface area contributed by atoms with Gasteiger partial charge in [-0.25, -0.2) is 0 Å². The molecule has 1 N–H and O–H groups in total. The number of hydrogen-bond acceptors (Lipinski definition) is 3. The lowest BCUT2D eigenvalue weighted by Gasteiger charge is -2.19. The van der Waals surface area contributed by atoms with Gasteiger partial charge in [0.2, 0.25) is 0 Å². The first-order valence-electron chi connectivity index (χ1n) is 4.18. The first-order chi connectivity index (χ1) is 6.72. The minimum atomic E-state index is -0.165. The fraction of sp³-hybridized carbons (Fsp3) is 0.200. The van der Waals surface area contributed by atoms with Crippen LogP contribution in [0.1, 0.15) is 11.1 Å². The van der Waals surface area contributed by atoms with Crippen LogP contribution in [0.5, 0.6) is 5.75 Å². The molecule has 1 aromatic rings. The highest BCUT2D eigenvalue weighted by molar-refractivity contribution is 5.95. The Bertz CT molecular complexity index is 446. The number of fused-ring (bicyclic) bond motifs is 1. The Hall–Kier alpha value is -2.02. The van der Waals surface area contributed by atoms with Gasteiger partial charge in [-0.15, -0.1) is 0 Å². The number of hydrogen-bond donors (Lipinski definition) is 1. The van der Waals surface area contributed by atoms with Crippen molar-refractivity contribution in [2.75, 3.05) is 11.9 Å². The van der Waals surface area contributed by atoms with Gasteiger partial charge in [-0.1, -0.05) is 0 Å². The zero-order valence-electron chi connectivity index (χ0n) is 7.63. The molecule has 1 aliphatic rings. The Kier molecular flexibility index (Phi) is 1.86. The topological polar surface area (TPSA) is 62.1 Å². The van der Waals surface area contributed by atoms with Crippen molar-refractivity contribution in [1.29, 1.82) is 5.26 Å². The summed E-state index contributed by atoms with van der Waals surface area (Å²) in [6.07, 6.45) is 0. The number of carbonyl (C=O) groups excluding carboxylic acids is 1. The number of nitrogens with zero attached hydrogens (tertiary/aromatic N) is 1. The summed E-state index contributed by atoms with van der Waals surface area (Å²) in [6.45, 7) is 1.82. The van der Waals surface area contributed by atoms with Crippen molar-refractivity contribution >= 4 is 11.6 Å². The molecule has 1 aliphatic heterocycles. The van der Waals surface area contributed by atoms with E-state index in [0.29, 0.717) is 17.0 Å². The maximum absolute atomic E-state index is 11.0. The largest absolute Gasteiger partial charge is 0.481 e. The van der Waals surface area contributed by atoms with Gasteiger partial charge in [-0.2, -0.15) is 5.26 Å². The lowest BCUT2D eigenvalue weighted by Crippen LogP contribution is -2.25. The Morgan fingerprint density at radius 1 is 1.57 bits per heavy atom. The second kappa shape index (κ2) is 3.04. The van der Waals surface area contributed by atoms with E-state index in [4.69, 9.17) is 10.00 Å². The molecule has 2 rings (SSSR count). The Morgan fingerprint density at radius 3 is 3.07 bits per heavy atom. The lowest BCUT2D eigenvalue weighted by atomic mass is 10.1. The monoisotopic (exact) mass is 188 g/mol. The van der Waals surface area contributed by atoms with E-state index in [1.54, 1.807) is 19.1 Å². The summed E-state index contributed by atoms with van der Waals surface area (Å²) in [5, 5.41) is 11.5. The second-order valence-electron chi connectivity index (χ2n) is 3.06. The molecule has 4 heteroatoms. The van der Waals surface area contributed by atoms with Gasteiger partial charge in [0.25, 0.3) is 5.91 Å². The normalized spacial score (nSPS) is 13.6. The summed E-state index contributed by atoms with van der Waals surface area (Å²) >= 11 is 0. The maximum atomic E-state index is 11.0. The van der Waals surface area contributed by atoms with Crippen molar-refractivity contribution in [1.82, 2.24) is 0 Å². The Balaban J connectivity index is 2.55. The molecule has 1 amide bonds. The zero-order valence-corrected chi connectivity index (χ0v) is 7.63. The first-order valence-corrected chi connectivity index (χ1v) is 4.18. The molecular formula is C10H8N2O2. The number of nitrogens with one attached hydrogen (secondary N) is 1. The number of amides is 1. The Labute approximate surface area is 81.1 Å². The molecule has 4 nitrogen and oxygen atoms in total. The van der Waals surface area contributed by atoms with Crippen LogP contribution in [-0.2, 0) is 4.79 Å². The van der Waals surface area contributed by atoms with Crippen LogP contribution in [0, 0.1) is 18.3 Å². The van der Waals surface area contributed by atoms with E-state index < -0.39 is 0 Å². The second-order valence-corrected chi connectivity index (χ2v) is 3.06. The summed E-state index contributed by atoms with van der Waals surface area (Å²) in [7, 11) is 0. The third-order valence-electron chi connectivity index (χ3n) is 2.15. The number of anilines is 1. The van der Waals surface area contributed by atoms with Gasteiger partial charge in [0.05, 0.1) is 17.3 Å². The molecule has 0 fully saturated rings. The van der Waals surface area contributed by atoms with E-state index in [2.05, 4.69) is 11.4 Å². The van der Waals surface area contributed by atoms with Crippen molar-refractivity contribution in [2.45, 2.75) is 6.92 Å². The quantitative estimate of drug-likeness (QED) is 0.665. The van der Waals surface area contributed by atoms with Crippen molar-refractivity contribution in [2.24, 2.45) is 0 Å². The van der Waals surface area contributed by atoms with Gasteiger partial charge in [0, 0.05) is 5.56 Å². The standard InChI is InChI=1S/C10H8N2O2/c1-6-7(4-11)2-3-8-10(6)14-5-9(13)12-8/h2-3H,5H2,1H3,(H,12,13). The van der Waals surface area contributed by atoms with E-state index in [1.165, 1.54) is 0 Å². The summed E-state index contributed by atoms with van der Waals surface area (Å²) in [6, 6.07) is 5.41. The van der Waals surface area contributed by atoms with Crippen LogP contribution in [-0.4, -0.2) is 12.5 Å². The van der Waals surface area contributed by atoms with Crippen LogP contribution in [0.4, 0.5) is 5.69 Å². The molecule has 14 heavy (non-hydrogen) atoms. The van der Waals surface area contributed by atoms with Crippen molar-refractivity contribution < 1.29 is 9.53 Å². The maximum Gasteiger partial charge on any atom is 0.262 e. The van der Waals surface area contributed by atoms with E-state index >= 15 is 0 Å². The molecule has 0 saturated carbocycles. The van der Waals surface area contributed by atoms with E-state index in [-0.39, 0.29) is 12.5 Å². The highest BCUT2D eigenvalue weighted by Gasteiger charge is 2.18. The summed E-state index contributed by atoms with van der Waals surface area (Å²) in [5.74, 6) is 0.435. The van der Waals surface area contributed by atoms with Gasteiger partial charge in [-0.05, 0) is 19.1 Å². The van der Waals surface area contributed by atoms with Gasteiger partial charge in [0.1, 0.15) is 5.75 Å². The molecule has 0 saturated heterocycles. The van der Waals surface area contributed by atoms with Crippen molar-refractivity contribution in [3.8, 4) is 11.8 Å². The van der Waals surface area contributed by atoms with Gasteiger partial charge >= 0.3 is 0 Å². The molecule has 0 unspecified atom stereocenters. The smallest absolute Gasteiger partial charge is 0.262 e. The minimum Gasteiger partial charge on any atom is -0.481 e. The SMILES string of the molecule is Cc1c(C#N)ccc2c1OCC(=O)N2. The molecular weight excluding hydrogens is 180 g/mol. The zero-order chi connectivity index (χ0) is 10.1. The fourth-order valence-corrected chi connectivity index (χ4v) is 1.42. The lowest BCUT2D eigenvalue weighted by molar-refractivity contribution is -0.118. The van der Waals surface area contributed by atoms with E-state index in [1.807, 2.05) is 0 Å². The summed E-state index contributed by atoms with van der Waals surface area (Å²) in [5.41, 5.74) is 1.97. The molecule has 70 valence electrons. The summed E-state index contributed by atoms with van der Waals surface area (Å²) in [4.78, 5) is 11.0. The van der Waals surface area contributed by atoms with Crippen LogP contribution in [0.2, 0.25) is 0 Å². The fourth-order valence-electron chi connectivity index (χ4n) is 1.42. The highest BCUT2D eigenvalue weighted by atomic mass is 16.5. The third-order valence-corrected chi connectivity index (χ3v) is 2.15. The van der Waals surface area contributed by atoms with Gasteiger partial charge in [-0.3, -0.25) is 4.79 Å². The van der Waals surface area contributed by atoms with Crippen molar-refractivity contribution in [3.63, 3.8) is 0 Å². The minimum absolute atomic E-state index is 0.0166. The van der Waals surface area contributed by atoms with Crippen LogP contribution in [0.15, 0.2) is 12.1 Å². The molecule has 0 bridgehead atoms. The van der Waals surface area contributed by atoms with E-state index in [0.717, 1.165) is 5.56 Å². The molecule has 1 aromatic carbocycles. The van der Waals surface area contributed by atoms with Crippen LogP contribution >= 0.6 is 0 Å². The number of nitriles is 1.